The molecule has 1 aliphatic rings. The summed E-state index contributed by atoms with van der Waals surface area (Å²) < 4.78 is 57.8. The van der Waals surface area contributed by atoms with E-state index in [1.54, 1.807) is 6.92 Å². The van der Waals surface area contributed by atoms with Crippen LogP contribution in [0.1, 0.15) is 18.9 Å². The van der Waals surface area contributed by atoms with Crippen molar-refractivity contribution in [3.8, 4) is 0 Å². The van der Waals surface area contributed by atoms with E-state index in [9.17, 15) is 17.2 Å². The van der Waals surface area contributed by atoms with E-state index in [4.69, 9.17) is 4.74 Å². The lowest BCUT2D eigenvalue weighted by atomic mass is 10.0. The summed E-state index contributed by atoms with van der Waals surface area (Å²) in [4.78, 5) is 0. The number of anilines is 1. The predicted molar refractivity (Wildman–Crippen MR) is 72.3 cm³/mol. The minimum atomic E-state index is -3.70. The third-order valence-corrected chi connectivity index (χ3v) is 5.27. The summed E-state index contributed by atoms with van der Waals surface area (Å²) in [5.74, 6) is -1.76. The maximum Gasteiger partial charge on any atom is 0.237 e. The van der Waals surface area contributed by atoms with Gasteiger partial charge in [-0.25, -0.2) is 17.2 Å². The fourth-order valence-electron chi connectivity index (χ4n) is 2.35. The Bertz CT molecular complexity index is 604. The number of nitrogens with zero attached hydrogens (tertiary/aromatic N) is 1. The summed E-state index contributed by atoms with van der Waals surface area (Å²) in [6, 6.07) is 1.91. The normalized spacial score (nSPS) is 16.9. The third kappa shape index (κ3) is 2.93. The van der Waals surface area contributed by atoms with Gasteiger partial charge >= 0.3 is 0 Å². The van der Waals surface area contributed by atoms with Crippen molar-refractivity contribution in [2.75, 3.05) is 23.7 Å². The predicted octanol–water partition coefficient (Wildman–Crippen LogP) is 2.08. The number of methoxy groups -OCH3 is 1. The molecule has 0 saturated carbocycles. The van der Waals surface area contributed by atoms with Crippen molar-refractivity contribution >= 4 is 15.7 Å². The molecule has 1 aliphatic heterocycles. The van der Waals surface area contributed by atoms with Crippen LogP contribution in [0.15, 0.2) is 12.1 Å². The molecule has 20 heavy (non-hydrogen) atoms. The Morgan fingerprint density at radius 2 is 2.10 bits per heavy atom. The van der Waals surface area contributed by atoms with Crippen molar-refractivity contribution in [3.63, 3.8) is 0 Å². The van der Waals surface area contributed by atoms with Gasteiger partial charge in [-0.1, -0.05) is 0 Å². The van der Waals surface area contributed by atoms with Crippen LogP contribution in [0, 0.1) is 11.6 Å². The quantitative estimate of drug-likeness (QED) is 0.855. The molecule has 0 N–H and O–H groups in total. The van der Waals surface area contributed by atoms with Gasteiger partial charge < -0.3 is 4.74 Å². The minimum Gasteiger partial charge on any atom is -0.381 e. The molecule has 2 rings (SSSR count). The molecule has 0 radical (unpaired) electrons. The molecule has 0 unspecified atom stereocenters. The van der Waals surface area contributed by atoms with E-state index in [0.717, 1.165) is 4.31 Å². The Balaban J connectivity index is 2.42. The van der Waals surface area contributed by atoms with E-state index < -0.39 is 27.8 Å². The standard InChI is InChI=1S/C13H17F2NO3S/c1-9(19-2)8-20(17,18)16-5-3-4-10-6-11(14)7-12(15)13(10)16/h6-7,9H,3-5,8H2,1-2H3/t9-/m0/s1. The Hall–Kier alpha value is -1.21. The van der Waals surface area contributed by atoms with Crippen LogP contribution in [-0.2, 0) is 21.2 Å². The number of ether oxygens (including phenoxy) is 1. The molecule has 4 nitrogen and oxygen atoms in total. The highest BCUT2D eigenvalue weighted by atomic mass is 32.2. The molecular weight excluding hydrogens is 288 g/mol. The first-order chi connectivity index (χ1) is 9.35. The van der Waals surface area contributed by atoms with E-state index in [1.165, 1.54) is 13.2 Å². The van der Waals surface area contributed by atoms with E-state index >= 15 is 0 Å². The Labute approximate surface area is 117 Å². The maximum absolute atomic E-state index is 14.0. The van der Waals surface area contributed by atoms with E-state index in [-0.39, 0.29) is 18.0 Å². The van der Waals surface area contributed by atoms with Gasteiger partial charge in [0.15, 0.2) is 5.82 Å². The third-order valence-electron chi connectivity index (χ3n) is 3.35. The largest absolute Gasteiger partial charge is 0.381 e. The fraction of sp³-hybridized carbons (Fsp3) is 0.538. The van der Waals surface area contributed by atoms with Crippen molar-refractivity contribution in [2.45, 2.75) is 25.9 Å². The first-order valence-corrected chi connectivity index (χ1v) is 7.97. The SMILES string of the molecule is CO[C@@H](C)CS(=O)(=O)N1CCCc2cc(F)cc(F)c21. The number of aryl methyl sites for hydroxylation is 1. The molecule has 0 aromatic heterocycles. The Morgan fingerprint density at radius 3 is 2.75 bits per heavy atom. The molecule has 0 amide bonds. The van der Waals surface area contributed by atoms with Crippen molar-refractivity contribution in [3.05, 3.63) is 29.3 Å². The molecule has 1 heterocycles. The first kappa shape index (κ1) is 15.2. The number of benzene rings is 1. The molecule has 7 heteroatoms. The highest BCUT2D eigenvalue weighted by molar-refractivity contribution is 7.92. The molecule has 0 fully saturated rings. The highest BCUT2D eigenvalue weighted by Crippen LogP contribution is 2.33. The summed E-state index contributed by atoms with van der Waals surface area (Å²) in [6.45, 7) is 1.83. The van der Waals surface area contributed by atoms with Crippen LogP contribution in [0.3, 0.4) is 0 Å². The number of rotatable bonds is 4. The van der Waals surface area contributed by atoms with Gasteiger partial charge in [0.2, 0.25) is 10.0 Å². The molecule has 0 aliphatic carbocycles. The lowest BCUT2D eigenvalue weighted by molar-refractivity contribution is 0.136. The van der Waals surface area contributed by atoms with Gasteiger partial charge in [-0.3, -0.25) is 4.31 Å². The lowest BCUT2D eigenvalue weighted by Crippen LogP contribution is -2.40. The molecule has 1 aromatic rings. The smallest absolute Gasteiger partial charge is 0.237 e. The van der Waals surface area contributed by atoms with Crippen LogP contribution >= 0.6 is 0 Å². The van der Waals surface area contributed by atoms with E-state index in [2.05, 4.69) is 0 Å². The second-order valence-electron chi connectivity index (χ2n) is 4.90. The fourth-order valence-corrected chi connectivity index (χ4v) is 4.15. The number of fused-ring (bicyclic) bond motifs is 1. The van der Waals surface area contributed by atoms with Crippen LogP contribution in [0.5, 0.6) is 0 Å². The maximum atomic E-state index is 14.0. The monoisotopic (exact) mass is 305 g/mol. The Morgan fingerprint density at radius 1 is 1.40 bits per heavy atom. The molecule has 1 aromatic carbocycles. The van der Waals surface area contributed by atoms with Crippen molar-refractivity contribution in [2.24, 2.45) is 0 Å². The number of halogens is 2. The molecule has 1 atom stereocenters. The summed E-state index contributed by atoms with van der Waals surface area (Å²) in [5.41, 5.74) is 0.364. The molecule has 0 saturated heterocycles. The summed E-state index contributed by atoms with van der Waals surface area (Å²) in [5, 5.41) is 0. The average Bonchev–Trinajstić information content (AvgIpc) is 2.37. The van der Waals surface area contributed by atoms with Gasteiger partial charge in [0.05, 0.1) is 17.5 Å². The minimum absolute atomic E-state index is 0.0269. The van der Waals surface area contributed by atoms with Crippen molar-refractivity contribution < 1.29 is 21.9 Å². The van der Waals surface area contributed by atoms with Crippen LogP contribution in [-0.4, -0.2) is 33.9 Å². The van der Waals surface area contributed by atoms with Crippen LogP contribution in [0.4, 0.5) is 14.5 Å². The van der Waals surface area contributed by atoms with Gasteiger partial charge in [-0.05, 0) is 31.4 Å². The number of hydrogen-bond donors (Lipinski definition) is 0. The second kappa shape index (κ2) is 5.65. The molecule has 112 valence electrons. The van der Waals surface area contributed by atoms with E-state index in [0.29, 0.717) is 24.5 Å². The van der Waals surface area contributed by atoms with Crippen LogP contribution < -0.4 is 4.31 Å². The summed E-state index contributed by atoms with van der Waals surface area (Å²) in [7, 11) is -2.28. The summed E-state index contributed by atoms with van der Waals surface area (Å²) in [6.07, 6.45) is 0.515. The van der Waals surface area contributed by atoms with Gasteiger partial charge in [0, 0.05) is 19.7 Å². The number of hydrogen-bond acceptors (Lipinski definition) is 3. The first-order valence-electron chi connectivity index (χ1n) is 6.36. The van der Waals surface area contributed by atoms with Gasteiger partial charge in [0.1, 0.15) is 5.82 Å². The second-order valence-corrected chi connectivity index (χ2v) is 6.83. The zero-order valence-corrected chi connectivity index (χ0v) is 12.2. The lowest BCUT2D eigenvalue weighted by Gasteiger charge is -2.31. The van der Waals surface area contributed by atoms with Gasteiger partial charge in [0.25, 0.3) is 0 Å². The Kier molecular flexibility index (Phi) is 4.29. The zero-order chi connectivity index (χ0) is 14.9. The molecule has 0 spiro atoms. The van der Waals surface area contributed by atoms with Crippen molar-refractivity contribution in [1.29, 1.82) is 0 Å². The molecule has 0 bridgehead atoms. The van der Waals surface area contributed by atoms with Gasteiger partial charge in [-0.2, -0.15) is 0 Å². The van der Waals surface area contributed by atoms with Crippen LogP contribution in [0.2, 0.25) is 0 Å². The average molecular weight is 305 g/mol. The highest BCUT2D eigenvalue weighted by Gasteiger charge is 2.31. The van der Waals surface area contributed by atoms with E-state index in [1.807, 2.05) is 0 Å². The number of sulfonamides is 1. The van der Waals surface area contributed by atoms with Crippen LogP contribution in [0.25, 0.3) is 0 Å². The zero-order valence-electron chi connectivity index (χ0n) is 11.4. The topological polar surface area (TPSA) is 46.6 Å². The summed E-state index contributed by atoms with van der Waals surface area (Å²) >= 11 is 0. The van der Waals surface area contributed by atoms with Gasteiger partial charge in [-0.15, -0.1) is 0 Å². The molecular formula is C13H17F2NO3S. The van der Waals surface area contributed by atoms with Crippen molar-refractivity contribution in [1.82, 2.24) is 0 Å².